The Kier molecular flexibility index (Phi) is 3.70. The fraction of sp³-hybridized carbons (Fsp3) is 0.400. The predicted molar refractivity (Wildman–Crippen MR) is 69.8 cm³/mol. The molecule has 0 bridgehead atoms. The molecule has 1 aromatic rings. The van der Waals surface area contributed by atoms with Gasteiger partial charge in [0.2, 0.25) is 0 Å². The van der Waals surface area contributed by atoms with Crippen molar-refractivity contribution in [2.24, 2.45) is 0 Å². The van der Waals surface area contributed by atoms with E-state index in [4.69, 9.17) is 9.47 Å². The number of esters is 1. The maximum Gasteiger partial charge on any atom is 0.330 e. The first-order valence-electron chi connectivity index (χ1n) is 6.13. The van der Waals surface area contributed by atoms with Crippen LogP contribution in [-0.2, 0) is 9.53 Å². The van der Waals surface area contributed by atoms with Gasteiger partial charge >= 0.3 is 5.97 Å². The Bertz CT molecular complexity index is 477. The molecule has 0 saturated carbocycles. The molecule has 96 valence electrons. The number of methoxy groups -OCH3 is 1. The SMILES string of the molecule is COc1cc([C@@H](C)[C@@H]2CC=CC(=O)O2)ccc1C. The molecule has 2 atom stereocenters. The molecule has 3 heteroatoms. The van der Waals surface area contributed by atoms with Gasteiger partial charge < -0.3 is 9.47 Å². The molecule has 0 unspecified atom stereocenters. The van der Waals surface area contributed by atoms with E-state index in [0.29, 0.717) is 0 Å². The summed E-state index contributed by atoms with van der Waals surface area (Å²) in [6.45, 7) is 4.08. The molecule has 18 heavy (non-hydrogen) atoms. The summed E-state index contributed by atoms with van der Waals surface area (Å²) in [5.41, 5.74) is 2.24. The van der Waals surface area contributed by atoms with Crippen LogP contribution < -0.4 is 4.74 Å². The van der Waals surface area contributed by atoms with Gasteiger partial charge in [0.1, 0.15) is 11.9 Å². The largest absolute Gasteiger partial charge is 0.496 e. The van der Waals surface area contributed by atoms with Crippen LogP contribution in [-0.4, -0.2) is 19.2 Å². The summed E-state index contributed by atoms with van der Waals surface area (Å²) in [4.78, 5) is 11.3. The standard InChI is InChI=1S/C15H18O3/c1-10-7-8-12(9-14(10)17-3)11(2)13-5-4-6-15(16)18-13/h4,6-9,11,13H,5H2,1-3H3/t11-,13+/m1/s1. The highest BCUT2D eigenvalue weighted by Gasteiger charge is 2.24. The molecule has 1 aromatic carbocycles. The van der Waals surface area contributed by atoms with E-state index in [1.807, 2.05) is 25.1 Å². The van der Waals surface area contributed by atoms with E-state index >= 15 is 0 Å². The van der Waals surface area contributed by atoms with Crippen molar-refractivity contribution in [2.45, 2.75) is 32.3 Å². The quantitative estimate of drug-likeness (QED) is 0.769. The molecule has 2 rings (SSSR count). The Morgan fingerprint density at radius 1 is 1.44 bits per heavy atom. The molecule has 0 saturated heterocycles. The Morgan fingerprint density at radius 3 is 2.89 bits per heavy atom. The van der Waals surface area contributed by atoms with E-state index in [0.717, 1.165) is 23.3 Å². The summed E-state index contributed by atoms with van der Waals surface area (Å²) in [6, 6.07) is 6.12. The average molecular weight is 246 g/mol. The molecular formula is C15H18O3. The van der Waals surface area contributed by atoms with Gasteiger partial charge in [0.25, 0.3) is 0 Å². The van der Waals surface area contributed by atoms with Crippen LogP contribution in [0.15, 0.2) is 30.4 Å². The molecule has 1 aliphatic rings. The minimum Gasteiger partial charge on any atom is -0.496 e. The summed E-state index contributed by atoms with van der Waals surface area (Å²) >= 11 is 0. The third kappa shape index (κ3) is 2.55. The normalized spacial score (nSPS) is 20.4. The second kappa shape index (κ2) is 5.25. The Labute approximate surface area is 107 Å². The molecule has 0 aliphatic carbocycles. The van der Waals surface area contributed by atoms with Crippen molar-refractivity contribution < 1.29 is 14.3 Å². The van der Waals surface area contributed by atoms with Crippen molar-refractivity contribution >= 4 is 5.97 Å². The topological polar surface area (TPSA) is 35.5 Å². The van der Waals surface area contributed by atoms with Gasteiger partial charge in [0.15, 0.2) is 0 Å². The summed E-state index contributed by atoms with van der Waals surface area (Å²) in [6.07, 6.45) is 4.04. The number of ether oxygens (including phenoxy) is 2. The zero-order valence-electron chi connectivity index (χ0n) is 11.0. The number of aryl methyl sites for hydroxylation is 1. The molecule has 0 radical (unpaired) electrons. The highest BCUT2D eigenvalue weighted by Crippen LogP contribution is 2.30. The Hall–Kier alpha value is -1.77. The predicted octanol–water partition coefficient (Wildman–Crippen LogP) is 2.98. The molecule has 1 heterocycles. The highest BCUT2D eigenvalue weighted by molar-refractivity contribution is 5.82. The first-order valence-corrected chi connectivity index (χ1v) is 6.13. The maximum atomic E-state index is 11.3. The van der Waals surface area contributed by atoms with Crippen molar-refractivity contribution in [1.82, 2.24) is 0 Å². The fourth-order valence-corrected chi connectivity index (χ4v) is 2.18. The number of carbonyl (C=O) groups excluding carboxylic acids is 1. The third-order valence-corrected chi connectivity index (χ3v) is 3.41. The molecule has 1 aliphatic heterocycles. The van der Waals surface area contributed by atoms with Crippen LogP contribution in [0, 0.1) is 6.92 Å². The number of hydrogen-bond donors (Lipinski definition) is 0. The van der Waals surface area contributed by atoms with Crippen molar-refractivity contribution in [2.75, 3.05) is 7.11 Å². The third-order valence-electron chi connectivity index (χ3n) is 3.41. The van der Waals surface area contributed by atoms with Gasteiger partial charge in [-0.3, -0.25) is 0 Å². The van der Waals surface area contributed by atoms with Crippen LogP contribution >= 0.6 is 0 Å². The van der Waals surface area contributed by atoms with Gasteiger partial charge in [-0.25, -0.2) is 4.79 Å². The average Bonchev–Trinajstić information content (AvgIpc) is 2.38. The van der Waals surface area contributed by atoms with E-state index in [1.165, 1.54) is 6.08 Å². The van der Waals surface area contributed by atoms with Crippen LogP contribution in [0.1, 0.15) is 30.4 Å². The van der Waals surface area contributed by atoms with E-state index < -0.39 is 0 Å². The van der Waals surface area contributed by atoms with Gasteiger partial charge in [-0.15, -0.1) is 0 Å². The lowest BCUT2D eigenvalue weighted by molar-refractivity contribution is -0.145. The van der Waals surface area contributed by atoms with Crippen molar-refractivity contribution in [3.8, 4) is 5.75 Å². The van der Waals surface area contributed by atoms with Crippen molar-refractivity contribution in [1.29, 1.82) is 0 Å². The van der Waals surface area contributed by atoms with Gasteiger partial charge in [-0.2, -0.15) is 0 Å². The van der Waals surface area contributed by atoms with Crippen LogP contribution in [0.3, 0.4) is 0 Å². The molecule has 3 nitrogen and oxygen atoms in total. The molecule has 0 N–H and O–H groups in total. The lowest BCUT2D eigenvalue weighted by Gasteiger charge is -2.25. The van der Waals surface area contributed by atoms with Gasteiger partial charge in [0, 0.05) is 18.4 Å². The lowest BCUT2D eigenvalue weighted by Crippen LogP contribution is -2.25. The number of rotatable bonds is 3. The van der Waals surface area contributed by atoms with E-state index in [9.17, 15) is 4.79 Å². The summed E-state index contributed by atoms with van der Waals surface area (Å²) in [5, 5.41) is 0. The maximum absolute atomic E-state index is 11.3. The second-order valence-corrected chi connectivity index (χ2v) is 4.63. The second-order valence-electron chi connectivity index (χ2n) is 4.63. The zero-order chi connectivity index (χ0) is 13.1. The molecular weight excluding hydrogens is 228 g/mol. The van der Waals surface area contributed by atoms with E-state index in [-0.39, 0.29) is 18.0 Å². The molecule has 0 amide bonds. The molecule has 0 spiro atoms. The Morgan fingerprint density at radius 2 is 2.22 bits per heavy atom. The van der Waals surface area contributed by atoms with E-state index in [2.05, 4.69) is 13.0 Å². The minimum atomic E-state index is -0.253. The lowest BCUT2D eigenvalue weighted by atomic mass is 9.91. The number of cyclic esters (lactones) is 1. The summed E-state index contributed by atoms with van der Waals surface area (Å²) in [7, 11) is 1.67. The van der Waals surface area contributed by atoms with Crippen molar-refractivity contribution in [3.63, 3.8) is 0 Å². The number of carbonyl (C=O) groups is 1. The number of hydrogen-bond acceptors (Lipinski definition) is 3. The van der Waals surface area contributed by atoms with Crippen LogP contribution in [0.4, 0.5) is 0 Å². The Balaban J connectivity index is 2.20. The van der Waals surface area contributed by atoms with Crippen LogP contribution in [0.5, 0.6) is 5.75 Å². The number of benzene rings is 1. The monoisotopic (exact) mass is 246 g/mol. The van der Waals surface area contributed by atoms with Crippen LogP contribution in [0.25, 0.3) is 0 Å². The van der Waals surface area contributed by atoms with Gasteiger partial charge in [0.05, 0.1) is 7.11 Å². The fourth-order valence-electron chi connectivity index (χ4n) is 2.18. The minimum absolute atomic E-state index is 0.0880. The van der Waals surface area contributed by atoms with Crippen LogP contribution in [0.2, 0.25) is 0 Å². The molecule has 0 fully saturated rings. The van der Waals surface area contributed by atoms with Gasteiger partial charge in [-0.05, 0) is 24.1 Å². The molecule has 0 aromatic heterocycles. The van der Waals surface area contributed by atoms with E-state index in [1.54, 1.807) is 7.11 Å². The smallest absolute Gasteiger partial charge is 0.330 e. The highest BCUT2D eigenvalue weighted by atomic mass is 16.5. The summed E-state index contributed by atoms with van der Waals surface area (Å²) in [5.74, 6) is 0.780. The first-order chi connectivity index (χ1) is 8.61. The summed E-state index contributed by atoms with van der Waals surface area (Å²) < 4.78 is 10.7. The first kappa shape index (κ1) is 12.7. The van der Waals surface area contributed by atoms with Crippen molar-refractivity contribution in [3.05, 3.63) is 41.5 Å². The van der Waals surface area contributed by atoms with Gasteiger partial charge in [-0.1, -0.05) is 25.1 Å². The zero-order valence-corrected chi connectivity index (χ0v) is 11.0.